The molecule has 0 saturated heterocycles. The van der Waals surface area contributed by atoms with E-state index in [4.69, 9.17) is 14.2 Å². The number of hydrogen-bond acceptors (Lipinski definition) is 8. The van der Waals surface area contributed by atoms with E-state index in [1.165, 1.54) is 0 Å². The molecule has 1 aromatic heterocycles. The van der Waals surface area contributed by atoms with Gasteiger partial charge in [-0.15, -0.1) is 0 Å². The third-order valence-electron chi connectivity index (χ3n) is 6.57. The van der Waals surface area contributed by atoms with Gasteiger partial charge < -0.3 is 29.1 Å². The summed E-state index contributed by atoms with van der Waals surface area (Å²) >= 11 is 0. The lowest BCUT2D eigenvalue weighted by atomic mass is 9.99. The molecule has 0 fully saturated rings. The van der Waals surface area contributed by atoms with Crippen molar-refractivity contribution in [2.24, 2.45) is 5.92 Å². The van der Waals surface area contributed by atoms with Crippen LogP contribution in [0.5, 0.6) is 17.4 Å². The number of benzene rings is 1. The number of pyridine rings is 1. The number of likely N-dealkylation sites (N-methyl/N-ethyl adjacent to an activating group) is 1. The zero-order valence-corrected chi connectivity index (χ0v) is 22.4. The Hall–Kier alpha value is -3.81. The van der Waals surface area contributed by atoms with Gasteiger partial charge in [0, 0.05) is 36.8 Å². The molecule has 1 N–H and O–H groups in total. The van der Waals surface area contributed by atoms with Gasteiger partial charge in [-0.2, -0.15) is 0 Å². The lowest BCUT2D eigenvalue weighted by Gasteiger charge is -2.37. The van der Waals surface area contributed by atoms with Gasteiger partial charge in [0.15, 0.2) is 11.5 Å². The van der Waals surface area contributed by atoms with E-state index >= 15 is 0 Å². The maximum Gasteiger partial charge on any atom is 0.259 e. The highest BCUT2D eigenvalue weighted by Gasteiger charge is 2.35. The van der Waals surface area contributed by atoms with Crippen LogP contribution in [0.15, 0.2) is 30.5 Å². The monoisotopic (exact) mass is 522 g/mol. The van der Waals surface area contributed by atoms with Crippen molar-refractivity contribution in [2.45, 2.75) is 26.0 Å². The fourth-order valence-corrected chi connectivity index (χ4v) is 4.29. The molecule has 2 aliphatic heterocycles. The Bertz CT molecular complexity index is 1250. The number of aliphatic hydroxyl groups is 1. The number of aliphatic hydroxyl groups excluding tert-OH is 1. The number of nitrogens with zero attached hydrogens (tertiary/aromatic N) is 4. The van der Waals surface area contributed by atoms with E-state index in [0.29, 0.717) is 35.7 Å². The van der Waals surface area contributed by atoms with Crippen LogP contribution in [0.25, 0.3) is 0 Å². The van der Waals surface area contributed by atoms with Gasteiger partial charge in [-0.25, -0.2) is 4.98 Å². The van der Waals surface area contributed by atoms with Gasteiger partial charge in [0.2, 0.25) is 12.7 Å². The molecule has 202 valence electrons. The van der Waals surface area contributed by atoms with Gasteiger partial charge in [-0.05, 0) is 45.3 Å². The average Bonchev–Trinajstić information content (AvgIpc) is 3.37. The van der Waals surface area contributed by atoms with Gasteiger partial charge in [0.05, 0.1) is 25.7 Å². The van der Waals surface area contributed by atoms with Crippen LogP contribution < -0.4 is 14.2 Å². The average molecular weight is 523 g/mol. The second-order valence-electron chi connectivity index (χ2n) is 9.99. The van der Waals surface area contributed by atoms with Crippen LogP contribution in [0.4, 0.5) is 0 Å². The third kappa shape index (κ3) is 6.01. The Morgan fingerprint density at radius 1 is 1.24 bits per heavy atom. The molecule has 0 saturated carbocycles. The molecule has 2 amide bonds. The van der Waals surface area contributed by atoms with E-state index in [0.717, 1.165) is 0 Å². The summed E-state index contributed by atoms with van der Waals surface area (Å²) in [4.78, 5) is 36.4. The van der Waals surface area contributed by atoms with E-state index < -0.39 is 12.1 Å². The molecule has 10 heteroatoms. The van der Waals surface area contributed by atoms with Crippen LogP contribution in [0.3, 0.4) is 0 Å². The first-order valence-electron chi connectivity index (χ1n) is 12.5. The summed E-state index contributed by atoms with van der Waals surface area (Å²) in [6, 6.07) is 6.36. The lowest BCUT2D eigenvalue weighted by Crippen LogP contribution is -2.50. The highest BCUT2D eigenvalue weighted by atomic mass is 16.7. The van der Waals surface area contributed by atoms with Gasteiger partial charge in [0.25, 0.3) is 11.8 Å². The van der Waals surface area contributed by atoms with Crippen LogP contribution in [0, 0.1) is 17.8 Å². The first-order valence-corrected chi connectivity index (χ1v) is 12.5. The fraction of sp³-hybridized carbons (Fsp3) is 0.464. The number of amides is 2. The summed E-state index contributed by atoms with van der Waals surface area (Å²) in [7, 11) is 5.56. The number of rotatable bonds is 6. The number of fused-ring (bicyclic) bond motifs is 2. The summed E-state index contributed by atoms with van der Waals surface area (Å²) in [5.74, 6) is 6.79. The Kier molecular flexibility index (Phi) is 8.39. The number of ether oxygens (including phenoxy) is 3. The number of carbonyl (C=O) groups excluding carboxylic acids is 2. The van der Waals surface area contributed by atoms with Gasteiger partial charge in [-0.3, -0.25) is 14.5 Å². The first kappa shape index (κ1) is 27.2. The van der Waals surface area contributed by atoms with Crippen LogP contribution >= 0.6 is 0 Å². The van der Waals surface area contributed by atoms with Crippen molar-refractivity contribution in [1.29, 1.82) is 0 Å². The van der Waals surface area contributed by atoms with Crippen LogP contribution in [-0.2, 0) is 0 Å². The fourth-order valence-electron chi connectivity index (χ4n) is 4.29. The van der Waals surface area contributed by atoms with Crippen molar-refractivity contribution in [3.63, 3.8) is 0 Å². The Balaban J connectivity index is 1.60. The number of carbonyl (C=O) groups is 2. The lowest BCUT2D eigenvalue weighted by molar-refractivity contribution is 0.0313. The molecule has 0 aliphatic carbocycles. The molecule has 0 spiro atoms. The number of hydrogen-bond donors (Lipinski definition) is 1. The van der Waals surface area contributed by atoms with E-state index in [2.05, 4.69) is 16.8 Å². The second kappa shape index (κ2) is 11.7. The molecule has 4 rings (SSSR count). The largest absolute Gasteiger partial charge is 0.472 e. The Morgan fingerprint density at radius 2 is 2.00 bits per heavy atom. The Labute approximate surface area is 223 Å². The minimum atomic E-state index is -0.462. The number of aromatic nitrogens is 1. The first-order chi connectivity index (χ1) is 18.2. The zero-order valence-electron chi connectivity index (χ0n) is 22.4. The molecule has 0 radical (unpaired) electrons. The predicted octanol–water partition coefficient (Wildman–Crippen LogP) is 1.72. The third-order valence-corrected chi connectivity index (χ3v) is 6.57. The second-order valence-corrected chi connectivity index (χ2v) is 9.99. The predicted molar refractivity (Wildman–Crippen MR) is 140 cm³/mol. The van der Waals surface area contributed by atoms with Crippen molar-refractivity contribution < 1.29 is 28.9 Å². The summed E-state index contributed by atoms with van der Waals surface area (Å²) < 4.78 is 17.0. The van der Waals surface area contributed by atoms with Crippen molar-refractivity contribution >= 4 is 11.8 Å². The standard InChI is InChI=1S/C28H34N4O6/c1-18-14-32(19(2)16-33)28(35)22-11-20(7-6-10-30(3)4)13-29-26(22)38-25(18)15-31(5)27(34)21-8-9-23-24(12-21)37-17-36-23/h8-9,11-13,18-19,25,33H,10,14-17H2,1-5H3/t18-,19+,25-/m0/s1. The van der Waals surface area contributed by atoms with E-state index in [1.807, 2.05) is 25.9 Å². The molecule has 2 aromatic rings. The molecule has 3 heterocycles. The van der Waals surface area contributed by atoms with E-state index in [9.17, 15) is 14.7 Å². The van der Waals surface area contributed by atoms with Gasteiger partial charge >= 0.3 is 0 Å². The summed E-state index contributed by atoms with van der Waals surface area (Å²) in [6.07, 6.45) is 1.12. The van der Waals surface area contributed by atoms with E-state index in [-0.39, 0.29) is 49.1 Å². The molecule has 0 bridgehead atoms. The molecular weight excluding hydrogens is 488 g/mol. The Morgan fingerprint density at radius 3 is 2.74 bits per heavy atom. The minimum absolute atomic E-state index is 0.132. The highest BCUT2D eigenvalue weighted by Crippen LogP contribution is 2.33. The quantitative estimate of drug-likeness (QED) is 0.572. The smallest absolute Gasteiger partial charge is 0.259 e. The van der Waals surface area contributed by atoms with Gasteiger partial charge in [-0.1, -0.05) is 18.8 Å². The van der Waals surface area contributed by atoms with Crippen molar-refractivity contribution in [3.05, 3.63) is 47.2 Å². The molecule has 38 heavy (non-hydrogen) atoms. The maximum absolute atomic E-state index is 13.5. The topological polar surface area (TPSA) is 105 Å². The van der Waals surface area contributed by atoms with Crippen LogP contribution in [-0.4, -0.2) is 103 Å². The van der Waals surface area contributed by atoms with Crippen molar-refractivity contribution in [2.75, 3.05) is 54.2 Å². The minimum Gasteiger partial charge on any atom is -0.472 e. The summed E-state index contributed by atoms with van der Waals surface area (Å²) in [5, 5.41) is 9.86. The summed E-state index contributed by atoms with van der Waals surface area (Å²) in [5.41, 5.74) is 1.35. The SMILES string of the molecule is C[C@H](CO)N1C[C@H](C)[C@H](CN(C)C(=O)c2ccc3c(c2)OCO3)Oc2ncc(C#CCN(C)C)cc2C1=O. The molecule has 3 atom stereocenters. The van der Waals surface area contributed by atoms with E-state index in [1.54, 1.807) is 54.2 Å². The van der Waals surface area contributed by atoms with Crippen molar-refractivity contribution in [1.82, 2.24) is 19.7 Å². The zero-order chi connectivity index (χ0) is 27.4. The molecule has 2 aliphatic rings. The normalized spacial score (nSPS) is 19.0. The highest BCUT2D eigenvalue weighted by molar-refractivity contribution is 5.97. The van der Waals surface area contributed by atoms with Crippen LogP contribution in [0.2, 0.25) is 0 Å². The molecular formula is C28H34N4O6. The van der Waals surface area contributed by atoms with Crippen molar-refractivity contribution in [3.8, 4) is 29.2 Å². The molecule has 10 nitrogen and oxygen atoms in total. The summed E-state index contributed by atoms with van der Waals surface area (Å²) in [6.45, 7) is 4.87. The molecule has 1 aromatic carbocycles. The van der Waals surface area contributed by atoms with Crippen LogP contribution in [0.1, 0.15) is 40.1 Å². The van der Waals surface area contributed by atoms with Gasteiger partial charge in [0.1, 0.15) is 11.7 Å². The maximum atomic E-state index is 13.5. The molecule has 0 unspecified atom stereocenters.